The lowest BCUT2D eigenvalue weighted by atomic mass is 9.92. The molecule has 1 fully saturated rings. The van der Waals surface area contributed by atoms with Crippen molar-refractivity contribution in [3.8, 4) is 0 Å². The van der Waals surface area contributed by atoms with E-state index in [-0.39, 0.29) is 11.3 Å². The molecule has 1 aliphatic rings. The minimum Gasteiger partial charge on any atom is -0.384 e. The van der Waals surface area contributed by atoms with Crippen LogP contribution in [0.4, 0.5) is 0 Å². The monoisotopic (exact) mass is 324 g/mol. The summed E-state index contributed by atoms with van der Waals surface area (Å²) in [6.07, 6.45) is 1.89. The van der Waals surface area contributed by atoms with Gasteiger partial charge in [0.15, 0.2) is 0 Å². The van der Waals surface area contributed by atoms with Crippen molar-refractivity contribution in [1.82, 2.24) is 10.2 Å². The largest absolute Gasteiger partial charge is 0.384 e. The summed E-state index contributed by atoms with van der Waals surface area (Å²) in [7, 11) is 0. The fraction of sp³-hybridized carbons (Fsp3) is 0.706. The Kier molecular flexibility index (Phi) is 5.30. The Morgan fingerprint density at radius 2 is 2.00 bits per heavy atom. The lowest BCUT2D eigenvalue weighted by molar-refractivity contribution is -0.140. The molecule has 0 bridgehead atoms. The maximum atomic E-state index is 12.3. The van der Waals surface area contributed by atoms with Gasteiger partial charge in [-0.2, -0.15) is 11.3 Å². The highest BCUT2D eigenvalue weighted by molar-refractivity contribution is 7.08. The Labute approximate surface area is 137 Å². The summed E-state index contributed by atoms with van der Waals surface area (Å²) in [6.45, 7) is 9.90. The van der Waals surface area contributed by atoms with Gasteiger partial charge in [-0.1, -0.05) is 20.8 Å². The zero-order chi connectivity index (χ0) is 16.4. The Balaban J connectivity index is 1.80. The van der Waals surface area contributed by atoms with Crippen molar-refractivity contribution in [2.24, 2.45) is 5.41 Å². The van der Waals surface area contributed by atoms with E-state index < -0.39 is 5.60 Å². The lowest BCUT2D eigenvalue weighted by Crippen LogP contribution is -2.50. The molecule has 1 atom stereocenters. The van der Waals surface area contributed by atoms with Gasteiger partial charge in [0, 0.05) is 31.1 Å². The second kappa shape index (κ2) is 6.69. The number of thiophene rings is 1. The first-order valence-corrected chi connectivity index (χ1v) is 8.92. The molecule has 2 N–H and O–H groups in total. The van der Waals surface area contributed by atoms with Gasteiger partial charge in [-0.3, -0.25) is 4.79 Å². The third-order valence-corrected chi connectivity index (χ3v) is 4.99. The van der Waals surface area contributed by atoms with Crippen LogP contribution in [0.1, 0.15) is 46.1 Å². The van der Waals surface area contributed by atoms with E-state index in [4.69, 9.17) is 0 Å². The Bertz CT molecular complexity index is 483. The molecule has 0 radical (unpaired) electrons. The van der Waals surface area contributed by atoms with E-state index in [0.717, 1.165) is 31.5 Å². The SMILES string of the molecule is CC(C)(C)C(=O)N1CCC(NCC(C)(O)c2ccsc2)CC1. The molecule has 2 rings (SSSR count). The van der Waals surface area contributed by atoms with Gasteiger partial charge in [-0.25, -0.2) is 0 Å². The van der Waals surface area contributed by atoms with Crippen molar-refractivity contribution in [3.63, 3.8) is 0 Å². The second-order valence-corrected chi connectivity index (χ2v) is 8.26. The summed E-state index contributed by atoms with van der Waals surface area (Å²) in [4.78, 5) is 14.2. The zero-order valence-corrected chi connectivity index (χ0v) is 14.9. The Morgan fingerprint density at radius 1 is 1.36 bits per heavy atom. The van der Waals surface area contributed by atoms with Gasteiger partial charge in [-0.05, 0) is 42.2 Å². The van der Waals surface area contributed by atoms with Gasteiger partial charge < -0.3 is 15.3 Å². The topological polar surface area (TPSA) is 52.6 Å². The number of carbonyl (C=O) groups excluding carboxylic acids is 1. The molecular formula is C17H28N2O2S. The summed E-state index contributed by atoms with van der Waals surface area (Å²) < 4.78 is 0. The van der Waals surface area contributed by atoms with Crippen LogP contribution in [0.3, 0.4) is 0 Å². The zero-order valence-electron chi connectivity index (χ0n) is 14.1. The Hall–Kier alpha value is -0.910. The minimum atomic E-state index is -0.835. The molecule has 124 valence electrons. The molecule has 1 saturated heterocycles. The number of likely N-dealkylation sites (tertiary alicyclic amines) is 1. The number of amides is 1. The van der Waals surface area contributed by atoms with Crippen LogP contribution < -0.4 is 5.32 Å². The van der Waals surface area contributed by atoms with Crippen LogP contribution in [-0.4, -0.2) is 41.6 Å². The standard InChI is InChI=1S/C17H28N2O2S/c1-16(2,3)15(20)19-8-5-14(6-9-19)18-12-17(4,21)13-7-10-22-11-13/h7,10-11,14,18,21H,5-6,8-9,12H2,1-4H3. The van der Waals surface area contributed by atoms with E-state index in [1.54, 1.807) is 11.3 Å². The third kappa shape index (κ3) is 4.31. The van der Waals surface area contributed by atoms with Gasteiger partial charge in [-0.15, -0.1) is 0 Å². The van der Waals surface area contributed by atoms with Crippen LogP contribution in [0.5, 0.6) is 0 Å². The van der Waals surface area contributed by atoms with Crippen LogP contribution in [0.15, 0.2) is 16.8 Å². The summed E-state index contributed by atoms with van der Waals surface area (Å²) in [5.41, 5.74) is -0.174. The fourth-order valence-electron chi connectivity index (χ4n) is 2.78. The van der Waals surface area contributed by atoms with Crippen LogP contribution in [0, 0.1) is 5.41 Å². The van der Waals surface area contributed by atoms with Crippen LogP contribution in [-0.2, 0) is 10.4 Å². The van der Waals surface area contributed by atoms with E-state index in [0.29, 0.717) is 12.6 Å². The van der Waals surface area contributed by atoms with Crippen LogP contribution in [0.2, 0.25) is 0 Å². The highest BCUT2D eigenvalue weighted by Gasteiger charge is 2.31. The predicted octanol–water partition coefficient (Wildman–Crippen LogP) is 2.58. The quantitative estimate of drug-likeness (QED) is 0.895. The number of piperidine rings is 1. The minimum absolute atomic E-state index is 0.233. The molecule has 5 heteroatoms. The third-order valence-electron chi connectivity index (χ3n) is 4.30. The van der Waals surface area contributed by atoms with E-state index >= 15 is 0 Å². The number of carbonyl (C=O) groups is 1. The molecule has 0 aromatic carbocycles. The molecule has 0 saturated carbocycles. The molecule has 1 unspecified atom stereocenters. The molecule has 1 aromatic rings. The van der Waals surface area contributed by atoms with Gasteiger partial charge in [0.1, 0.15) is 0 Å². The van der Waals surface area contributed by atoms with Crippen molar-refractivity contribution in [2.75, 3.05) is 19.6 Å². The average molecular weight is 324 g/mol. The molecule has 1 amide bonds. The highest BCUT2D eigenvalue weighted by Crippen LogP contribution is 2.24. The molecule has 22 heavy (non-hydrogen) atoms. The maximum absolute atomic E-state index is 12.3. The summed E-state index contributed by atoms with van der Waals surface area (Å²) in [6, 6.07) is 2.34. The number of hydrogen-bond donors (Lipinski definition) is 2. The average Bonchev–Trinajstić information content (AvgIpc) is 2.99. The first-order chi connectivity index (χ1) is 10.2. The van der Waals surface area contributed by atoms with Crippen molar-refractivity contribution >= 4 is 17.2 Å². The molecule has 0 aliphatic carbocycles. The van der Waals surface area contributed by atoms with Gasteiger partial charge >= 0.3 is 0 Å². The summed E-state index contributed by atoms with van der Waals surface area (Å²) in [5, 5.41) is 18.0. The molecular weight excluding hydrogens is 296 g/mol. The van der Waals surface area contributed by atoms with Gasteiger partial charge in [0.2, 0.25) is 5.91 Å². The van der Waals surface area contributed by atoms with Gasteiger partial charge in [0.25, 0.3) is 0 Å². The lowest BCUT2D eigenvalue weighted by Gasteiger charge is -2.37. The van der Waals surface area contributed by atoms with Crippen molar-refractivity contribution in [2.45, 2.75) is 52.2 Å². The van der Waals surface area contributed by atoms with Crippen molar-refractivity contribution in [1.29, 1.82) is 0 Å². The van der Waals surface area contributed by atoms with E-state index in [9.17, 15) is 9.90 Å². The fourth-order valence-corrected chi connectivity index (χ4v) is 3.56. The molecule has 0 spiro atoms. The summed E-state index contributed by atoms with van der Waals surface area (Å²) in [5.74, 6) is 0.233. The number of nitrogens with one attached hydrogen (secondary N) is 1. The van der Waals surface area contributed by atoms with Crippen molar-refractivity contribution in [3.05, 3.63) is 22.4 Å². The summed E-state index contributed by atoms with van der Waals surface area (Å²) >= 11 is 1.60. The first-order valence-electron chi connectivity index (χ1n) is 7.98. The number of nitrogens with zero attached hydrogens (tertiary/aromatic N) is 1. The number of aliphatic hydroxyl groups is 1. The number of hydrogen-bond acceptors (Lipinski definition) is 4. The predicted molar refractivity (Wildman–Crippen MR) is 90.9 cm³/mol. The molecule has 1 aliphatic heterocycles. The maximum Gasteiger partial charge on any atom is 0.227 e. The highest BCUT2D eigenvalue weighted by atomic mass is 32.1. The number of rotatable bonds is 4. The molecule has 4 nitrogen and oxygen atoms in total. The van der Waals surface area contributed by atoms with E-state index in [1.807, 2.05) is 49.4 Å². The smallest absolute Gasteiger partial charge is 0.227 e. The molecule has 1 aromatic heterocycles. The normalized spacial score (nSPS) is 20.0. The van der Waals surface area contributed by atoms with Crippen molar-refractivity contribution < 1.29 is 9.90 Å². The van der Waals surface area contributed by atoms with E-state index in [2.05, 4.69) is 5.32 Å². The van der Waals surface area contributed by atoms with Crippen LogP contribution in [0.25, 0.3) is 0 Å². The Morgan fingerprint density at radius 3 is 2.50 bits per heavy atom. The molecule has 2 heterocycles. The van der Waals surface area contributed by atoms with Crippen LogP contribution >= 0.6 is 11.3 Å². The van der Waals surface area contributed by atoms with E-state index in [1.165, 1.54) is 0 Å². The second-order valence-electron chi connectivity index (χ2n) is 7.48. The first kappa shape index (κ1) is 17.4. The van der Waals surface area contributed by atoms with Gasteiger partial charge in [0.05, 0.1) is 5.60 Å².